The second kappa shape index (κ2) is 6.76. The van der Waals surface area contributed by atoms with Gasteiger partial charge in [-0.05, 0) is 25.5 Å². The van der Waals surface area contributed by atoms with Crippen LogP contribution in [0, 0.1) is 11.6 Å². The molecule has 0 radical (unpaired) electrons. The number of hydrogen-bond acceptors (Lipinski definition) is 3. The molecular formula is C14H18F2N2O2. The second-order valence-corrected chi connectivity index (χ2v) is 4.75. The standard InChI is InChI=1S/C14H18F2N2O2/c1-9-13(17-7-8-20-9)14(19)18-6-5-10-11(15)3-2-4-12(10)16/h2-4,9,13,17H,5-8H2,1H3,(H,18,19)/t9-,13+/m1/s1. The smallest absolute Gasteiger partial charge is 0.239 e. The van der Waals surface area contributed by atoms with Crippen LogP contribution in [0.3, 0.4) is 0 Å². The summed E-state index contributed by atoms with van der Waals surface area (Å²) in [6, 6.07) is 3.31. The van der Waals surface area contributed by atoms with Crippen molar-refractivity contribution in [1.82, 2.24) is 10.6 Å². The zero-order chi connectivity index (χ0) is 14.5. The number of carbonyl (C=O) groups is 1. The van der Waals surface area contributed by atoms with Gasteiger partial charge in [-0.3, -0.25) is 4.79 Å². The van der Waals surface area contributed by atoms with Gasteiger partial charge in [0.1, 0.15) is 17.7 Å². The lowest BCUT2D eigenvalue weighted by molar-refractivity contribution is -0.128. The molecular weight excluding hydrogens is 266 g/mol. The molecule has 2 atom stereocenters. The van der Waals surface area contributed by atoms with Crippen molar-refractivity contribution < 1.29 is 18.3 Å². The van der Waals surface area contributed by atoms with Crippen LogP contribution >= 0.6 is 0 Å². The third-order valence-electron chi connectivity index (χ3n) is 3.33. The summed E-state index contributed by atoms with van der Waals surface area (Å²) in [6.07, 6.45) is -0.0967. The number of ether oxygens (including phenoxy) is 1. The molecule has 1 aromatic carbocycles. The number of benzene rings is 1. The molecule has 2 rings (SSSR count). The summed E-state index contributed by atoms with van der Waals surface area (Å²) in [5.41, 5.74) is -0.00583. The van der Waals surface area contributed by atoms with Gasteiger partial charge in [-0.15, -0.1) is 0 Å². The molecule has 1 aromatic rings. The Labute approximate surface area is 116 Å². The van der Waals surface area contributed by atoms with Crippen LogP contribution in [0.5, 0.6) is 0 Å². The Kier molecular flexibility index (Phi) is 5.03. The van der Waals surface area contributed by atoms with Gasteiger partial charge in [0.25, 0.3) is 0 Å². The van der Waals surface area contributed by atoms with E-state index in [9.17, 15) is 13.6 Å². The van der Waals surface area contributed by atoms with Gasteiger partial charge in [-0.1, -0.05) is 6.07 Å². The van der Waals surface area contributed by atoms with Crippen LogP contribution in [-0.2, 0) is 16.0 Å². The monoisotopic (exact) mass is 284 g/mol. The fraction of sp³-hybridized carbons (Fsp3) is 0.500. The van der Waals surface area contributed by atoms with Crippen molar-refractivity contribution in [3.63, 3.8) is 0 Å². The van der Waals surface area contributed by atoms with Crippen LogP contribution in [-0.4, -0.2) is 37.7 Å². The third kappa shape index (κ3) is 3.52. The molecule has 20 heavy (non-hydrogen) atoms. The minimum atomic E-state index is -0.591. The summed E-state index contributed by atoms with van der Waals surface area (Å²) in [5.74, 6) is -1.40. The Morgan fingerprint density at radius 3 is 2.80 bits per heavy atom. The van der Waals surface area contributed by atoms with Gasteiger partial charge in [0.15, 0.2) is 0 Å². The lowest BCUT2D eigenvalue weighted by Gasteiger charge is -2.29. The normalized spacial score (nSPS) is 22.6. The number of halogens is 2. The number of morpholine rings is 1. The van der Waals surface area contributed by atoms with E-state index in [1.165, 1.54) is 18.2 Å². The van der Waals surface area contributed by atoms with E-state index in [2.05, 4.69) is 10.6 Å². The molecule has 1 aliphatic heterocycles. The molecule has 4 nitrogen and oxygen atoms in total. The summed E-state index contributed by atoms with van der Waals surface area (Å²) in [7, 11) is 0. The number of nitrogens with one attached hydrogen (secondary N) is 2. The fourth-order valence-electron chi connectivity index (χ4n) is 2.22. The van der Waals surface area contributed by atoms with Crippen LogP contribution < -0.4 is 10.6 Å². The van der Waals surface area contributed by atoms with Crippen LogP contribution in [0.15, 0.2) is 18.2 Å². The van der Waals surface area contributed by atoms with E-state index < -0.39 is 17.7 Å². The van der Waals surface area contributed by atoms with Gasteiger partial charge >= 0.3 is 0 Å². The van der Waals surface area contributed by atoms with Crippen molar-refractivity contribution in [1.29, 1.82) is 0 Å². The van der Waals surface area contributed by atoms with E-state index in [1.807, 2.05) is 6.92 Å². The van der Waals surface area contributed by atoms with Gasteiger partial charge in [0, 0.05) is 18.7 Å². The molecule has 0 aromatic heterocycles. The van der Waals surface area contributed by atoms with E-state index in [-0.39, 0.29) is 30.5 Å². The van der Waals surface area contributed by atoms with Crippen molar-refractivity contribution in [3.8, 4) is 0 Å². The summed E-state index contributed by atoms with van der Waals surface area (Å²) in [6.45, 7) is 3.18. The molecule has 6 heteroatoms. The molecule has 1 heterocycles. The predicted molar refractivity (Wildman–Crippen MR) is 70.3 cm³/mol. The van der Waals surface area contributed by atoms with Crippen molar-refractivity contribution in [3.05, 3.63) is 35.4 Å². The Morgan fingerprint density at radius 2 is 2.15 bits per heavy atom. The second-order valence-electron chi connectivity index (χ2n) is 4.75. The summed E-state index contributed by atoms with van der Waals surface area (Å²) < 4.78 is 32.2. The zero-order valence-corrected chi connectivity index (χ0v) is 11.3. The first-order chi connectivity index (χ1) is 9.59. The first kappa shape index (κ1) is 14.9. The van der Waals surface area contributed by atoms with Crippen LogP contribution in [0.25, 0.3) is 0 Å². The molecule has 110 valence electrons. The van der Waals surface area contributed by atoms with E-state index in [1.54, 1.807) is 0 Å². The topological polar surface area (TPSA) is 50.4 Å². The molecule has 2 N–H and O–H groups in total. The highest BCUT2D eigenvalue weighted by molar-refractivity contribution is 5.82. The predicted octanol–water partition coefficient (Wildman–Crippen LogP) is 1.00. The van der Waals surface area contributed by atoms with Crippen LogP contribution in [0.2, 0.25) is 0 Å². The quantitative estimate of drug-likeness (QED) is 0.867. The summed E-state index contributed by atoms with van der Waals surface area (Å²) in [4.78, 5) is 11.9. The minimum absolute atomic E-state index is 0.00583. The molecule has 0 unspecified atom stereocenters. The Balaban J connectivity index is 1.85. The van der Waals surface area contributed by atoms with Gasteiger partial charge in [-0.25, -0.2) is 8.78 Å². The number of amides is 1. The van der Waals surface area contributed by atoms with Crippen molar-refractivity contribution >= 4 is 5.91 Å². The zero-order valence-electron chi connectivity index (χ0n) is 11.3. The highest BCUT2D eigenvalue weighted by atomic mass is 19.1. The van der Waals surface area contributed by atoms with Crippen molar-refractivity contribution in [2.75, 3.05) is 19.7 Å². The van der Waals surface area contributed by atoms with Crippen LogP contribution in [0.1, 0.15) is 12.5 Å². The minimum Gasteiger partial charge on any atom is -0.375 e. The molecule has 0 saturated carbocycles. The average Bonchev–Trinajstić information content (AvgIpc) is 2.42. The van der Waals surface area contributed by atoms with Gasteiger partial charge in [0.05, 0.1) is 12.7 Å². The molecule has 1 aliphatic rings. The Morgan fingerprint density at radius 1 is 1.45 bits per heavy atom. The lowest BCUT2D eigenvalue weighted by atomic mass is 10.1. The Bertz CT molecular complexity index is 462. The van der Waals surface area contributed by atoms with E-state index in [0.717, 1.165) is 0 Å². The molecule has 0 aliphatic carbocycles. The number of carbonyl (C=O) groups excluding carboxylic acids is 1. The third-order valence-corrected chi connectivity index (χ3v) is 3.33. The van der Waals surface area contributed by atoms with Gasteiger partial charge < -0.3 is 15.4 Å². The number of rotatable bonds is 4. The Hall–Kier alpha value is -1.53. The highest BCUT2D eigenvalue weighted by Gasteiger charge is 2.27. The lowest BCUT2D eigenvalue weighted by Crippen LogP contribution is -2.55. The van der Waals surface area contributed by atoms with Crippen LogP contribution in [0.4, 0.5) is 8.78 Å². The fourth-order valence-corrected chi connectivity index (χ4v) is 2.22. The molecule has 0 spiro atoms. The van der Waals surface area contributed by atoms with E-state index in [0.29, 0.717) is 13.2 Å². The van der Waals surface area contributed by atoms with Crippen molar-refractivity contribution in [2.45, 2.75) is 25.5 Å². The van der Waals surface area contributed by atoms with Gasteiger partial charge in [-0.2, -0.15) is 0 Å². The first-order valence-electron chi connectivity index (χ1n) is 6.65. The largest absolute Gasteiger partial charge is 0.375 e. The highest BCUT2D eigenvalue weighted by Crippen LogP contribution is 2.12. The summed E-state index contributed by atoms with van der Waals surface area (Å²) >= 11 is 0. The van der Waals surface area contributed by atoms with Crippen molar-refractivity contribution in [2.24, 2.45) is 0 Å². The maximum absolute atomic E-state index is 13.4. The maximum atomic E-state index is 13.4. The molecule has 1 fully saturated rings. The van der Waals surface area contributed by atoms with E-state index in [4.69, 9.17) is 4.74 Å². The maximum Gasteiger partial charge on any atom is 0.239 e. The molecule has 1 saturated heterocycles. The van der Waals surface area contributed by atoms with E-state index >= 15 is 0 Å². The molecule has 1 amide bonds. The molecule has 0 bridgehead atoms. The number of hydrogen-bond donors (Lipinski definition) is 2. The SMILES string of the molecule is C[C@H]1OCCN[C@@H]1C(=O)NCCc1c(F)cccc1F. The first-order valence-corrected chi connectivity index (χ1v) is 6.65. The summed E-state index contributed by atoms with van der Waals surface area (Å²) in [5, 5.41) is 5.73. The van der Waals surface area contributed by atoms with Gasteiger partial charge in [0.2, 0.25) is 5.91 Å². The average molecular weight is 284 g/mol.